The second-order valence-corrected chi connectivity index (χ2v) is 3.15. The van der Waals surface area contributed by atoms with E-state index in [9.17, 15) is 4.91 Å². The molecule has 0 aliphatic heterocycles. The molecule has 2 heteroatoms. The van der Waals surface area contributed by atoms with Gasteiger partial charge in [-0.25, -0.2) is 0 Å². The maximum absolute atomic E-state index is 10.1. The van der Waals surface area contributed by atoms with Crippen molar-refractivity contribution < 1.29 is 0 Å². The van der Waals surface area contributed by atoms with Gasteiger partial charge in [-0.3, -0.25) is 0 Å². The normalized spacial score (nSPS) is 9.92. The number of nitroso groups, excluding NO2 is 1. The van der Waals surface area contributed by atoms with Gasteiger partial charge < -0.3 is 0 Å². The summed E-state index contributed by atoms with van der Waals surface area (Å²) in [5, 5.41) is 2.89. The van der Waals surface area contributed by atoms with Crippen LogP contribution >= 0.6 is 0 Å². The minimum Gasteiger partial charge on any atom is -0.150 e. The van der Waals surface area contributed by atoms with Crippen LogP contribution in [0.25, 0.3) is 0 Å². The Kier molecular flexibility index (Phi) is 2.58. The third-order valence-electron chi connectivity index (χ3n) is 2.19. The van der Waals surface area contributed by atoms with Crippen LogP contribution in [0.2, 0.25) is 0 Å². The predicted molar refractivity (Wildman–Crippen MR) is 50.2 cm³/mol. The van der Waals surface area contributed by atoms with Crippen LogP contribution in [0.3, 0.4) is 0 Å². The van der Waals surface area contributed by atoms with Gasteiger partial charge in [-0.2, -0.15) is 4.91 Å². The zero-order chi connectivity index (χ0) is 9.14. The molecule has 0 bridgehead atoms. The second-order valence-electron chi connectivity index (χ2n) is 3.15. The fraction of sp³-hybridized carbons (Fsp3) is 0.400. The average Bonchev–Trinajstić information content (AvgIpc) is 2.01. The molecule has 0 saturated carbocycles. The smallest absolute Gasteiger partial charge is 0.106 e. The predicted octanol–water partition coefficient (Wildman–Crippen LogP) is 2.88. The zero-order valence-corrected chi connectivity index (χ0v) is 7.72. The lowest BCUT2D eigenvalue weighted by molar-refractivity contribution is 1.03. The Bertz CT molecular complexity index is 305. The maximum Gasteiger partial charge on any atom is 0.106 e. The van der Waals surface area contributed by atoms with E-state index in [-0.39, 0.29) is 6.54 Å². The first-order valence-electron chi connectivity index (χ1n) is 4.01. The van der Waals surface area contributed by atoms with Crippen LogP contribution in [-0.2, 0) is 6.54 Å². The van der Waals surface area contributed by atoms with Gasteiger partial charge >= 0.3 is 0 Å². The van der Waals surface area contributed by atoms with Gasteiger partial charge in [0.2, 0.25) is 0 Å². The van der Waals surface area contributed by atoms with Crippen molar-refractivity contribution in [2.24, 2.45) is 5.18 Å². The lowest BCUT2D eigenvalue weighted by Crippen LogP contribution is -1.90. The summed E-state index contributed by atoms with van der Waals surface area (Å²) >= 11 is 0. The van der Waals surface area contributed by atoms with Gasteiger partial charge in [0.25, 0.3) is 0 Å². The maximum atomic E-state index is 10.1. The van der Waals surface area contributed by atoms with E-state index in [1.807, 2.05) is 19.9 Å². The molecule has 0 N–H and O–H groups in total. The number of aryl methyl sites for hydroxylation is 3. The Morgan fingerprint density at radius 2 is 1.67 bits per heavy atom. The summed E-state index contributed by atoms with van der Waals surface area (Å²) in [6.07, 6.45) is 0. The molecule has 0 heterocycles. The van der Waals surface area contributed by atoms with Gasteiger partial charge in [-0.1, -0.05) is 17.3 Å². The first kappa shape index (κ1) is 8.91. The lowest BCUT2D eigenvalue weighted by atomic mass is 10.0. The highest BCUT2D eigenvalue weighted by Crippen LogP contribution is 2.15. The monoisotopic (exact) mass is 163 g/mol. The van der Waals surface area contributed by atoms with Gasteiger partial charge in [-0.05, 0) is 43.0 Å². The fourth-order valence-electron chi connectivity index (χ4n) is 1.26. The highest BCUT2D eigenvalue weighted by atomic mass is 16.3. The lowest BCUT2D eigenvalue weighted by Gasteiger charge is -2.05. The molecule has 0 atom stereocenters. The van der Waals surface area contributed by atoms with Crippen molar-refractivity contribution in [3.8, 4) is 0 Å². The van der Waals surface area contributed by atoms with E-state index in [2.05, 4.69) is 18.2 Å². The van der Waals surface area contributed by atoms with E-state index < -0.39 is 0 Å². The molecule has 0 aliphatic rings. The van der Waals surface area contributed by atoms with Gasteiger partial charge in [0.1, 0.15) is 6.54 Å². The van der Waals surface area contributed by atoms with Gasteiger partial charge in [0.05, 0.1) is 0 Å². The summed E-state index contributed by atoms with van der Waals surface area (Å²) in [6.45, 7) is 6.41. The first-order valence-corrected chi connectivity index (χ1v) is 4.01. The van der Waals surface area contributed by atoms with E-state index in [4.69, 9.17) is 0 Å². The summed E-state index contributed by atoms with van der Waals surface area (Å²) in [4.78, 5) is 10.1. The highest BCUT2D eigenvalue weighted by Gasteiger charge is 2.00. The largest absolute Gasteiger partial charge is 0.150 e. The van der Waals surface area contributed by atoms with Crippen LogP contribution < -0.4 is 0 Å². The molecule has 0 fully saturated rings. The average molecular weight is 163 g/mol. The minimum atomic E-state index is 0.285. The Balaban J connectivity index is 3.13. The molecule has 0 saturated heterocycles. The van der Waals surface area contributed by atoms with Gasteiger partial charge in [0.15, 0.2) is 0 Å². The van der Waals surface area contributed by atoms with Crippen molar-refractivity contribution in [1.29, 1.82) is 0 Å². The molecule has 1 rings (SSSR count). The van der Waals surface area contributed by atoms with Gasteiger partial charge in [0, 0.05) is 0 Å². The Labute approximate surface area is 72.6 Å². The zero-order valence-electron chi connectivity index (χ0n) is 7.72. The van der Waals surface area contributed by atoms with Crippen LogP contribution in [0, 0.1) is 25.7 Å². The van der Waals surface area contributed by atoms with Crippen molar-refractivity contribution in [2.75, 3.05) is 0 Å². The van der Waals surface area contributed by atoms with Crippen LogP contribution in [-0.4, -0.2) is 0 Å². The number of hydrogen-bond acceptors (Lipinski definition) is 2. The van der Waals surface area contributed by atoms with Crippen LogP contribution in [0.15, 0.2) is 17.3 Å². The molecule has 1 aromatic rings. The third kappa shape index (κ3) is 1.70. The second kappa shape index (κ2) is 3.48. The molecular weight excluding hydrogens is 150 g/mol. The standard InChI is InChI=1S/C10H13NO/c1-7-4-9(3)10(6-11-12)5-8(7)2/h4-5H,6H2,1-3H3. The van der Waals surface area contributed by atoms with E-state index in [0.29, 0.717) is 0 Å². The number of benzene rings is 1. The van der Waals surface area contributed by atoms with Crippen molar-refractivity contribution in [2.45, 2.75) is 27.3 Å². The van der Waals surface area contributed by atoms with E-state index in [0.717, 1.165) is 11.1 Å². The summed E-state index contributed by atoms with van der Waals surface area (Å²) in [7, 11) is 0. The summed E-state index contributed by atoms with van der Waals surface area (Å²) < 4.78 is 0. The Morgan fingerprint density at radius 3 is 2.25 bits per heavy atom. The molecule has 0 unspecified atom stereocenters. The van der Waals surface area contributed by atoms with E-state index in [1.165, 1.54) is 11.1 Å². The topological polar surface area (TPSA) is 29.4 Å². The Hall–Kier alpha value is -1.18. The SMILES string of the molecule is Cc1cc(C)c(CN=O)cc1C. The van der Waals surface area contributed by atoms with Crippen LogP contribution in [0.5, 0.6) is 0 Å². The van der Waals surface area contributed by atoms with E-state index in [1.54, 1.807) is 0 Å². The third-order valence-corrected chi connectivity index (χ3v) is 2.19. The summed E-state index contributed by atoms with van der Waals surface area (Å²) in [6, 6.07) is 4.13. The molecule has 0 aliphatic carbocycles. The Morgan fingerprint density at radius 1 is 1.08 bits per heavy atom. The molecule has 0 aromatic heterocycles. The molecular formula is C10H13NO. The van der Waals surface area contributed by atoms with E-state index >= 15 is 0 Å². The van der Waals surface area contributed by atoms with Crippen molar-refractivity contribution in [1.82, 2.24) is 0 Å². The summed E-state index contributed by atoms with van der Waals surface area (Å²) in [5.41, 5.74) is 4.67. The number of hydrogen-bond donors (Lipinski definition) is 0. The van der Waals surface area contributed by atoms with Crippen LogP contribution in [0.1, 0.15) is 22.3 Å². The van der Waals surface area contributed by atoms with Crippen molar-refractivity contribution in [3.63, 3.8) is 0 Å². The molecule has 0 spiro atoms. The number of nitrogens with zero attached hydrogens (tertiary/aromatic N) is 1. The number of rotatable bonds is 2. The first-order chi connectivity index (χ1) is 5.65. The molecule has 1 aromatic carbocycles. The summed E-state index contributed by atoms with van der Waals surface area (Å²) in [5.74, 6) is 0. The fourth-order valence-corrected chi connectivity index (χ4v) is 1.26. The molecule has 0 amide bonds. The molecule has 0 radical (unpaired) electrons. The highest BCUT2D eigenvalue weighted by molar-refractivity contribution is 5.36. The van der Waals surface area contributed by atoms with Crippen LogP contribution in [0.4, 0.5) is 0 Å². The minimum absolute atomic E-state index is 0.285. The molecule has 64 valence electrons. The quantitative estimate of drug-likeness (QED) is 0.616. The van der Waals surface area contributed by atoms with Crippen molar-refractivity contribution >= 4 is 0 Å². The van der Waals surface area contributed by atoms with Gasteiger partial charge in [-0.15, -0.1) is 0 Å². The molecule has 12 heavy (non-hydrogen) atoms. The van der Waals surface area contributed by atoms with Crippen molar-refractivity contribution in [3.05, 3.63) is 39.3 Å². The molecule has 2 nitrogen and oxygen atoms in total.